The lowest BCUT2D eigenvalue weighted by Crippen LogP contribution is -2.23. The van der Waals surface area contributed by atoms with Gasteiger partial charge in [-0.05, 0) is 24.1 Å². The number of benzene rings is 1. The minimum Gasteiger partial charge on any atom is -0.454 e. The fourth-order valence-electron chi connectivity index (χ4n) is 2.06. The highest BCUT2D eigenvalue weighted by Gasteiger charge is 2.37. The predicted octanol–water partition coefficient (Wildman–Crippen LogP) is 3.33. The summed E-state index contributed by atoms with van der Waals surface area (Å²) >= 11 is 0. The molecule has 0 aliphatic carbocycles. The lowest BCUT2D eigenvalue weighted by Gasteiger charge is -2.19. The molecule has 2 rings (SSSR count). The summed E-state index contributed by atoms with van der Waals surface area (Å²) in [5, 5.41) is 18.3. The summed E-state index contributed by atoms with van der Waals surface area (Å²) in [6.07, 6.45) is -6.21. The quantitative estimate of drug-likeness (QED) is 0.854. The maximum absolute atomic E-state index is 12.3. The van der Waals surface area contributed by atoms with Crippen LogP contribution >= 0.6 is 0 Å². The third-order valence-electron chi connectivity index (χ3n) is 3.21. The van der Waals surface area contributed by atoms with Crippen LogP contribution in [-0.2, 0) is 6.42 Å². The average Bonchev–Trinajstić information content (AvgIpc) is 2.90. The zero-order chi connectivity index (χ0) is 15.5. The van der Waals surface area contributed by atoms with Crippen molar-refractivity contribution in [2.45, 2.75) is 25.4 Å². The van der Waals surface area contributed by atoms with E-state index >= 15 is 0 Å². The summed E-state index contributed by atoms with van der Waals surface area (Å²) in [5.74, 6) is 1.00. The summed E-state index contributed by atoms with van der Waals surface area (Å²) in [7, 11) is 0. The summed E-state index contributed by atoms with van der Waals surface area (Å²) < 4.78 is 47.3. The topological polar surface area (TPSA) is 66.0 Å². The molecule has 0 radical (unpaired) electrons. The SMILES string of the molecule is N#CC(C#N)(CCC(F)(F)F)Cc1ccc2c(c1)OCO2. The molecule has 0 unspecified atom stereocenters. The van der Waals surface area contributed by atoms with Crippen molar-refractivity contribution in [2.75, 3.05) is 6.79 Å². The first-order valence-corrected chi connectivity index (χ1v) is 6.15. The van der Waals surface area contributed by atoms with E-state index in [1.165, 1.54) is 0 Å². The summed E-state index contributed by atoms with van der Waals surface area (Å²) in [6.45, 7) is 0.0779. The van der Waals surface area contributed by atoms with Gasteiger partial charge in [0.2, 0.25) is 6.79 Å². The first-order chi connectivity index (χ1) is 9.87. The number of halogens is 3. The van der Waals surface area contributed by atoms with Crippen LogP contribution in [0, 0.1) is 28.1 Å². The van der Waals surface area contributed by atoms with Gasteiger partial charge in [0.25, 0.3) is 0 Å². The van der Waals surface area contributed by atoms with E-state index in [4.69, 9.17) is 20.0 Å². The van der Waals surface area contributed by atoms with Gasteiger partial charge in [0.15, 0.2) is 11.5 Å². The molecule has 0 saturated carbocycles. The minimum absolute atomic E-state index is 0.0779. The van der Waals surface area contributed by atoms with E-state index in [-0.39, 0.29) is 13.2 Å². The van der Waals surface area contributed by atoms with Gasteiger partial charge in [-0.1, -0.05) is 6.07 Å². The zero-order valence-corrected chi connectivity index (χ0v) is 10.9. The molecular formula is C14H11F3N2O2. The molecule has 1 aliphatic rings. The number of alkyl halides is 3. The monoisotopic (exact) mass is 296 g/mol. The Bertz CT molecular complexity index is 600. The van der Waals surface area contributed by atoms with Crippen LogP contribution in [-0.4, -0.2) is 13.0 Å². The van der Waals surface area contributed by atoms with Gasteiger partial charge in [-0.3, -0.25) is 0 Å². The van der Waals surface area contributed by atoms with E-state index in [1.807, 2.05) is 0 Å². The molecule has 0 bridgehead atoms. The number of nitriles is 2. The van der Waals surface area contributed by atoms with Crippen LogP contribution in [0.4, 0.5) is 13.2 Å². The summed E-state index contributed by atoms with van der Waals surface area (Å²) in [5.41, 5.74) is -1.15. The number of nitrogens with zero attached hydrogens (tertiary/aromatic N) is 2. The first-order valence-electron chi connectivity index (χ1n) is 6.15. The molecule has 0 fully saturated rings. The van der Waals surface area contributed by atoms with E-state index in [9.17, 15) is 13.2 Å². The van der Waals surface area contributed by atoms with Crippen LogP contribution in [0.15, 0.2) is 18.2 Å². The van der Waals surface area contributed by atoms with Gasteiger partial charge >= 0.3 is 6.18 Å². The molecule has 0 saturated heterocycles. The van der Waals surface area contributed by atoms with Gasteiger partial charge in [-0.15, -0.1) is 0 Å². The van der Waals surface area contributed by atoms with Crippen LogP contribution in [0.2, 0.25) is 0 Å². The normalized spacial score (nSPS) is 13.6. The van der Waals surface area contributed by atoms with Crippen LogP contribution in [0.5, 0.6) is 11.5 Å². The van der Waals surface area contributed by atoms with Gasteiger partial charge in [-0.2, -0.15) is 23.7 Å². The van der Waals surface area contributed by atoms with Crippen LogP contribution in [0.3, 0.4) is 0 Å². The van der Waals surface area contributed by atoms with Crippen molar-refractivity contribution >= 4 is 0 Å². The molecule has 0 aromatic heterocycles. The van der Waals surface area contributed by atoms with Gasteiger partial charge < -0.3 is 9.47 Å². The number of rotatable bonds is 4. The molecule has 7 heteroatoms. The molecule has 1 aromatic rings. The lowest BCUT2D eigenvalue weighted by atomic mass is 9.80. The Morgan fingerprint density at radius 3 is 2.33 bits per heavy atom. The smallest absolute Gasteiger partial charge is 0.389 e. The lowest BCUT2D eigenvalue weighted by molar-refractivity contribution is -0.138. The molecule has 1 aliphatic heterocycles. The van der Waals surface area contributed by atoms with Crippen LogP contribution in [0.25, 0.3) is 0 Å². The first kappa shape index (κ1) is 15.0. The second-order valence-corrected chi connectivity index (χ2v) is 4.79. The molecule has 0 N–H and O–H groups in total. The third kappa shape index (κ3) is 3.57. The largest absolute Gasteiger partial charge is 0.454 e. The van der Waals surface area contributed by atoms with Crippen LogP contribution in [0.1, 0.15) is 18.4 Å². The Morgan fingerprint density at radius 1 is 1.05 bits per heavy atom. The molecular weight excluding hydrogens is 285 g/mol. The average molecular weight is 296 g/mol. The second-order valence-electron chi connectivity index (χ2n) is 4.79. The van der Waals surface area contributed by atoms with Crippen LogP contribution < -0.4 is 9.47 Å². The molecule has 110 valence electrons. The van der Waals surface area contributed by atoms with E-state index in [1.54, 1.807) is 30.3 Å². The Labute approximate surface area is 119 Å². The number of hydrogen-bond acceptors (Lipinski definition) is 4. The number of fused-ring (bicyclic) bond motifs is 1. The Morgan fingerprint density at radius 2 is 1.71 bits per heavy atom. The van der Waals surface area contributed by atoms with Gasteiger partial charge in [0.05, 0.1) is 12.1 Å². The maximum atomic E-state index is 12.3. The zero-order valence-electron chi connectivity index (χ0n) is 10.9. The van der Waals surface area contributed by atoms with Gasteiger partial charge in [0, 0.05) is 12.8 Å². The Kier molecular flexibility index (Phi) is 3.95. The van der Waals surface area contributed by atoms with Crippen molar-refractivity contribution in [2.24, 2.45) is 5.41 Å². The predicted molar refractivity (Wildman–Crippen MR) is 65.2 cm³/mol. The number of hydrogen-bond donors (Lipinski definition) is 0. The van der Waals surface area contributed by atoms with Crippen molar-refractivity contribution in [3.8, 4) is 23.6 Å². The van der Waals surface area contributed by atoms with E-state index in [0.717, 1.165) is 0 Å². The number of ether oxygens (including phenoxy) is 2. The Hall–Kier alpha value is -2.41. The van der Waals surface area contributed by atoms with E-state index in [2.05, 4.69) is 0 Å². The van der Waals surface area contributed by atoms with Crippen molar-refractivity contribution in [3.63, 3.8) is 0 Å². The fraction of sp³-hybridized carbons (Fsp3) is 0.429. The van der Waals surface area contributed by atoms with Gasteiger partial charge in [-0.25, -0.2) is 0 Å². The van der Waals surface area contributed by atoms with Gasteiger partial charge in [0.1, 0.15) is 5.41 Å². The minimum atomic E-state index is -4.40. The molecule has 4 nitrogen and oxygen atoms in total. The van der Waals surface area contributed by atoms with Crippen molar-refractivity contribution < 1.29 is 22.6 Å². The van der Waals surface area contributed by atoms with E-state index < -0.39 is 24.4 Å². The molecule has 21 heavy (non-hydrogen) atoms. The highest BCUT2D eigenvalue weighted by atomic mass is 19.4. The molecule has 0 amide bonds. The highest BCUT2D eigenvalue weighted by molar-refractivity contribution is 5.45. The Balaban J connectivity index is 2.17. The summed E-state index contributed by atoms with van der Waals surface area (Å²) in [6, 6.07) is 8.25. The highest BCUT2D eigenvalue weighted by Crippen LogP contribution is 2.37. The van der Waals surface area contributed by atoms with Crippen molar-refractivity contribution in [3.05, 3.63) is 23.8 Å². The van der Waals surface area contributed by atoms with E-state index in [0.29, 0.717) is 17.1 Å². The van der Waals surface area contributed by atoms with Crippen molar-refractivity contribution in [1.82, 2.24) is 0 Å². The molecule has 1 aromatic carbocycles. The molecule has 0 atom stereocenters. The molecule has 0 spiro atoms. The molecule has 1 heterocycles. The summed E-state index contributed by atoms with van der Waals surface area (Å²) in [4.78, 5) is 0. The third-order valence-corrected chi connectivity index (χ3v) is 3.21. The fourth-order valence-corrected chi connectivity index (χ4v) is 2.06. The standard InChI is InChI=1S/C14H11F3N2O2/c15-14(16,17)4-3-13(7-18,8-19)6-10-1-2-11-12(5-10)21-9-20-11/h1-2,5H,3-4,6,9H2. The maximum Gasteiger partial charge on any atom is 0.389 e. The second kappa shape index (κ2) is 5.53. The van der Waals surface area contributed by atoms with Crippen molar-refractivity contribution in [1.29, 1.82) is 10.5 Å².